The number of aromatic amines is 1. The van der Waals surface area contributed by atoms with E-state index in [1.807, 2.05) is 0 Å². The molecule has 2 aromatic rings. The Morgan fingerprint density at radius 3 is 2.75 bits per heavy atom. The standard InChI is InChI=1S/C9H8N2O4S/c10-9(12)15-16(13,14)7-1-2-8-6(5-7)3-4-11-8/h1-5,11H,(H2,10,12). The van der Waals surface area contributed by atoms with Crippen LogP contribution in [0.2, 0.25) is 0 Å². The van der Waals surface area contributed by atoms with Gasteiger partial charge >= 0.3 is 16.2 Å². The third kappa shape index (κ3) is 1.84. The quantitative estimate of drug-likeness (QED) is 0.763. The number of primary amides is 1. The van der Waals surface area contributed by atoms with Crippen LogP contribution in [0.4, 0.5) is 4.79 Å². The van der Waals surface area contributed by atoms with Crippen molar-refractivity contribution in [3.63, 3.8) is 0 Å². The number of hydrogen-bond acceptors (Lipinski definition) is 4. The molecule has 0 radical (unpaired) electrons. The van der Waals surface area contributed by atoms with E-state index < -0.39 is 16.2 Å². The molecule has 84 valence electrons. The second kappa shape index (κ2) is 3.53. The molecule has 1 amide bonds. The van der Waals surface area contributed by atoms with Gasteiger partial charge in [0, 0.05) is 17.1 Å². The molecule has 3 N–H and O–H groups in total. The number of carbonyl (C=O) groups is 1. The first-order valence-electron chi connectivity index (χ1n) is 4.30. The molecule has 16 heavy (non-hydrogen) atoms. The number of H-pyrrole nitrogens is 1. The molecule has 1 heterocycles. The van der Waals surface area contributed by atoms with Crippen LogP contribution in [-0.4, -0.2) is 19.5 Å². The lowest BCUT2D eigenvalue weighted by atomic mass is 10.2. The zero-order chi connectivity index (χ0) is 11.8. The summed E-state index contributed by atoms with van der Waals surface area (Å²) < 4.78 is 27.0. The van der Waals surface area contributed by atoms with E-state index >= 15 is 0 Å². The molecule has 0 aliphatic carbocycles. The normalized spacial score (nSPS) is 11.5. The molecule has 0 spiro atoms. The van der Waals surface area contributed by atoms with Gasteiger partial charge < -0.3 is 14.9 Å². The van der Waals surface area contributed by atoms with Gasteiger partial charge in [-0.25, -0.2) is 4.79 Å². The Kier molecular flexibility index (Phi) is 2.31. The summed E-state index contributed by atoms with van der Waals surface area (Å²) in [6, 6.07) is 6.01. The Morgan fingerprint density at radius 1 is 1.31 bits per heavy atom. The lowest BCUT2D eigenvalue weighted by molar-refractivity contribution is 0.212. The van der Waals surface area contributed by atoms with E-state index in [-0.39, 0.29) is 4.90 Å². The molecule has 0 unspecified atom stereocenters. The van der Waals surface area contributed by atoms with E-state index in [4.69, 9.17) is 0 Å². The minimum atomic E-state index is -4.12. The van der Waals surface area contributed by atoms with Crippen molar-refractivity contribution in [1.29, 1.82) is 0 Å². The molecule has 0 saturated heterocycles. The summed E-state index contributed by atoms with van der Waals surface area (Å²) >= 11 is 0. The molecule has 1 aromatic carbocycles. The van der Waals surface area contributed by atoms with Crippen molar-refractivity contribution in [2.24, 2.45) is 5.73 Å². The molecule has 0 bridgehead atoms. The summed E-state index contributed by atoms with van der Waals surface area (Å²) in [4.78, 5) is 13.2. The highest BCUT2D eigenvalue weighted by Crippen LogP contribution is 2.19. The topological polar surface area (TPSA) is 102 Å². The zero-order valence-corrected chi connectivity index (χ0v) is 8.82. The minimum absolute atomic E-state index is 0.113. The number of carbonyl (C=O) groups excluding carboxylic acids is 1. The molecular weight excluding hydrogens is 232 g/mol. The van der Waals surface area contributed by atoms with Crippen LogP contribution in [-0.2, 0) is 14.3 Å². The van der Waals surface area contributed by atoms with Crippen molar-refractivity contribution in [3.8, 4) is 0 Å². The predicted octanol–water partition coefficient (Wildman–Crippen LogP) is 0.952. The van der Waals surface area contributed by atoms with Gasteiger partial charge in [-0.3, -0.25) is 0 Å². The largest absolute Gasteiger partial charge is 0.420 e. The zero-order valence-electron chi connectivity index (χ0n) is 8.01. The molecule has 0 aliphatic rings. The highest BCUT2D eigenvalue weighted by molar-refractivity contribution is 7.87. The fourth-order valence-electron chi connectivity index (χ4n) is 1.34. The van der Waals surface area contributed by atoms with Gasteiger partial charge in [0.25, 0.3) is 0 Å². The van der Waals surface area contributed by atoms with E-state index in [0.29, 0.717) is 5.39 Å². The number of aromatic nitrogens is 1. The van der Waals surface area contributed by atoms with Crippen LogP contribution in [0.15, 0.2) is 35.4 Å². The van der Waals surface area contributed by atoms with Crippen LogP contribution >= 0.6 is 0 Å². The van der Waals surface area contributed by atoms with Gasteiger partial charge in [0.1, 0.15) is 4.90 Å². The minimum Gasteiger partial charge on any atom is -0.361 e. The van der Waals surface area contributed by atoms with Gasteiger partial charge in [-0.05, 0) is 24.3 Å². The first-order chi connectivity index (χ1) is 7.49. The number of nitrogens with one attached hydrogen (secondary N) is 1. The first-order valence-corrected chi connectivity index (χ1v) is 5.71. The van der Waals surface area contributed by atoms with Crippen molar-refractivity contribution in [2.75, 3.05) is 0 Å². The SMILES string of the molecule is NC(=O)OS(=O)(=O)c1ccc2[nH]ccc2c1. The van der Waals surface area contributed by atoms with E-state index in [0.717, 1.165) is 5.52 Å². The summed E-state index contributed by atoms with van der Waals surface area (Å²) in [7, 11) is -4.12. The molecule has 0 aliphatic heterocycles. The van der Waals surface area contributed by atoms with E-state index in [2.05, 4.69) is 14.9 Å². The van der Waals surface area contributed by atoms with Gasteiger partial charge in [-0.2, -0.15) is 8.42 Å². The van der Waals surface area contributed by atoms with Crippen molar-refractivity contribution in [3.05, 3.63) is 30.5 Å². The molecule has 0 saturated carbocycles. The Hall–Kier alpha value is -2.02. The third-order valence-electron chi connectivity index (χ3n) is 2.01. The van der Waals surface area contributed by atoms with Crippen LogP contribution in [0, 0.1) is 0 Å². The predicted molar refractivity (Wildman–Crippen MR) is 56.2 cm³/mol. The van der Waals surface area contributed by atoms with Gasteiger partial charge in [0.15, 0.2) is 0 Å². The van der Waals surface area contributed by atoms with Crippen molar-refractivity contribution in [1.82, 2.24) is 4.98 Å². The average Bonchev–Trinajstić information content (AvgIpc) is 2.61. The Bertz CT molecular complexity index is 644. The smallest absolute Gasteiger partial charge is 0.361 e. The van der Waals surface area contributed by atoms with Gasteiger partial charge in [-0.15, -0.1) is 0 Å². The number of benzene rings is 1. The fraction of sp³-hybridized carbons (Fsp3) is 0. The lowest BCUT2D eigenvalue weighted by Crippen LogP contribution is -2.18. The van der Waals surface area contributed by atoms with Crippen LogP contribution in [0.5, 0.6) is 0 Å². The number of amides is 1. The Balaban J connectivity index is 2.50. The van der Waals surface area contributed by atoms with Gasteiger partial charge in [-0.1, -0.05) is 0 Å². The summed E-state index contributed by atoms with van der Waals surface area (Å²) in [6.45, 7) is 0. The summed E-state index contributed by atoms with van der Waals surface area (Å²) in [5, 5.41) is 0.703. The maximum atomic E-state index is 11.5. The van der Waals surface area contributed by atoms with Crippen molar-refractivity contribution in [2.45, 2.75) is 4.90 Å². The maximum absolute atomic E-state index is 11.5. The molecule has 0 fully saturated rings. The molecule has 2 rings (SSSR count). The van der Waals surface area contributed by atoms with Crippen LogP contribution < -0.4 is 5.73 Å². The van der Waals surface area contributed by atoms with Crippen molar-refractivity contribution >= 4 is 27.1 Å². The lowest BCUT2D eigenvalue weighted by Gasteiger charge is -2.02. The van der Waals surface area contributed by atoms with E-state index in [1.54, 1.807) is 18.3 Å². The van der Waals surface area contributed by atoms with Gasteiger partial charge in [0.05, 0.1) is 0 Å². The van der Waals surface area contributed by atoms with Crippen LogP contribution in [0.25, 0.3) is 10.9 Å². The highest BCUT2D eigenvalue weighted by atomic mass is 32.2. The number of hydrogen-bond donors (Lipinski definition) is 2. The van der Waals surface area contributed by atoms with Gasteiger partial charge in [0.2, 0.25) is 0 Å². The molecule has 1 aromatic heterocycles. The second-order valence-electron chi connectivity index (χ2n) is 3.08. The third-order valence-corrected chi connectivity index (χ3v) is 3.22. The second-order valence-corrected chi connectivity index (χ2v) is 4.63. The highest BCUT2D eigenvalue weighted by Gasteiger charge is 2.18. The van der Waals surface area contributed by atoms with E-state index in [1.165, 1.54) is 12.1 Å². The van der Waals surface area contributed by atoms with E-state index in [9.17, 15) is 13.2 Å². The number of rotatable bonds is 2. The van der Waals surface area contributed by atoms with Crippen LogP contribution in [0.1, 0.15) is 0 Å². The molecular formula is C9H8N2O4S. The average molecular weight is 240 g/mol. The fourth-order valence-corrected chi connectivity index (χ4v) is 2.16. The monoisotopic (exact) mass is 240 g/mol. The molecule has 7 heteroatoms. The summed E-state index contributed by atoms with van der Waals surface area (Å²) in [5.41, 5.74) is 5.45. The maximum Gasteiger partial charge on any atom is 0.420 e. The Morgan fingerprint density at radius 2 is 2.06 bits per heavy atom. The summed E-state index contributed by atoms with van der Waals surface area (Å²) in [5.74, 6) is 0. The number of fused-ring (bicyclic) bond motifs is 1. The van der Waals surface area contributed by atoms with Crippen molar-refractivity contribution < 1.29 is 17.4 Å². The number of nitrogens with two attached hydrogens (primary N) is 1. The van der Waals surface area contributed by atoms with Crippen LogP contribution in [0.3, 0.4) is 0 Å². The molecule has 0 atom stereocenters. The summed E-state index contributed by atoms with van der Waals surface area (Å²) in [6.07, 6.45) is 0.324. The molecule has 6 nitrogen and oxygen atoms in total. The first kappa shape index (κ1) is 10.5. The Labute approximate surface area is 91.1 Å².